The Labute approximate surface area is 173 Å². The molecule has 13 heteroatoms. The van der Waals surface area contributed by atoms with E-state index in [2.05, 4.69) is 14.7 Å². The highest BCUT2D eigenvalue weighted by Gasteiger charge is 2.44. The van der Waals surface area contributed by atoms with E-state index in [9.17, 15) is 29.7 Å². The van der Waals surface area contributed by atoms with Crippen LogP contribution < -0.4 is 5.56 Å². The monoisotopic (exact) mass is 434 g/mol. The molecule has 4 heterocycles. The molecule has 3 N–H and O–H groups in total. The zero-order chi connectivity index (χ0) is 22.4. The van der Waals surface area contributed by atoms with Gasteiger partial charge in [0, 0.05) is 6.07 Å². The molecule has 164 valence electrons. The smallest absolute Gasteiger partial charge is 0.340 e. The first-order valence-electron chi connectivity index (χ1n) is 9.04. The van der Waals surface area contributed by atoms with Crippen molar-refractivity contribution < 1.29 is 39.1 Å². The van der Waals surface area contributed by atoms with E-state index in [4.69, 9.17) is 9.47 Å². The predicted molar refractivity (Wildman–Crippen MR) is 100 cm³/mol. The van der Waals surface area contributed by atoms with Gasteiger partial charge in [-0.3, -0.25) is 13.8 Å². The van der Waals surface area contributed by atoms with Crippen LogP contribution in [0.15, 0.2) is 23.5 Å². The molecule has 0 unspecified atom stereocenters. The number of aliphatic hydroxyl groups is 3. The van der Waals surface area contributed by atoms with Gasteiger partial charge in [0.1, 0.15) is 35.7 Å². The summed E-state index contributed by atoms with van der Waals surface area (Å²) in [5.74, 6) is -1.83. The Morgan fingerprint density at radius 1 is 1.13 bits per heavy atom. The van der Waals surface area contributed by atoms with Gasteiger partial charge in [0.05, 0.1) is 38.2 Å². The lowest BCUT2D eigenvalue weighted by Crippen LogP contribution is -2.33. The normalized spacial score (nSPS) is 23.4. The molecule has 0 spiro atoms. The largest absolute Gasteiger partial charge is 0.465 e. The van der Waals surface area contributed by atoms with E-state index in [0.717, 1.165) is 31.0 Å². The van der Waals surface area contributed by atoms with E-state index >= 15 is 0 Å². The number of fused-ring (bicyclic) bond motifs is 3. The molecule has 0 amide bonds. The topological polar surface area (TPSA) is 175 Å². The SMILES string of the molecule is COC(=O)c1cc(=O)n2cnc3c(ncn3[C@@H]3O[C@H](CO)[C@@H](O)[C@H]3O)c2c1C(=O)OC. The Kier molecular flexibility index (Phi) is 5.18. The summed E-state index contributed by atoms with van der Waals surface area (Å²) in [6.07, 6.45) is -2.59. The molecule has 1 fully saturated rings. The molecule has 3 aromatic heterocycles. The molecular formula is C18H18N4O9. The van der Waals surface area contributed by atoms with Gasteiger partial charge in [-0.05, 0) is 0 Å². The number of esters is 2. The molecule has 31 heavy (non-hydrogen) atoms. The number of methoxy groups -OCH3 is 2. The lowest BCUT2D eigenvalue weighted by molar-refractivity contribution is -0.0511. The number of carbonyl (C=O) groups excluding carboxylic acids is 2. The number of rotatable bonds is 4. The molecule has 4 rings (SSSR count). The molecule has 0 aliphatic carbocycles. The van der Waals surface area contributed by atoms with Crippen molar-refractivity contribution in [2.24, 2.45) is 0 Å². The second kappa shape index (κ2) is 7.70. The molecular weight excluding hydrogens is 416 g/mol. The fraction of sp³-hybridized carbons (Fsp3) is 0.389. The van der Waals surface area contributed by atoms with Crippen LogP contribution in [0.3, 0.4) is 0 Å². The standard InChI is InChI=1S/C18H18N4O9/c1-29-17(27)7-3-9(24)21-6-20-15-11(12(21)10(7)18(28)30-2)19-5-22(15)16-14(26)13(25)8(4-23)31-16/h3,5-6,8,13-14,16,23,25-26H,4H2,1-2H3/t8-,13-,14-,16-/m1/s1. The first-order chi connectivity index (χ1) is 14.8. The number of imidazole rings is 1. The number of hydrogen-bond donors (Lipinski definition) is 3. The first-order valence-corrected chi connectivity index (χ1v) is 9.04. The average Bonchev–Trinajstić information content (AvgIpc) is 3.33. The van der Waals surface area contributed by atoms with Gasteiger partial charge in [0.2, 0.25) is 0 Å². The van der Waals surface area contributed by atoms with Gasteiger partial charge in [-0.25, -0.2) is 19.6 Å². The summed E-state index contributed by atoms with van der Waals surface area (Å²) in [5, 5.41) is 29.7. The van der Waals surface area contributed by atoms with E-state index in [-0.39, 0.29) is 27.8 Å². The minimum absolute atomic E-state index is 0.0310. The van der Waals surface area contributed by atoms with Crippen LogP contribution in [0.2, 0.25) is 0 Å². The summed E-state index contributed by atoms with van der Waals surface area (Å²) >= 11 is 0. The van der Waals surface area contributed by atoms with Crippen LogP contribution >= 0.6 is 0 Å². The molecule has 1 aliphatic rings. The molecule has 0 radical (unpaired) electrons. The summed E-state index contributed by atoms with van der Waals surface area (Å²) in [6.45, 7) is -0.526. The zero-order valence-electron chi connectivity index (χ0n) is 16.3. The van der Waals surface area contributed by atoms with Gasteiger partial charge in [0.25, 0.3) is 5.56 Å². The number of pyridine rings is 1. The zero-order valence-corrected chi connectivity index (χ0v) is 16.3. The van der Waals surface area contributed by atoms with Crippen molar-refractivity contribution >= 4 is 28.6 Å². The first kappa shape index (κ1) is 20.9. The van der Waals surface area contributed by atoms with Crippen LogP contribution in [0, 0.1) is 0 Å². The van der Waals surface area contributed by atoms with Crippen molar-refractivity contribution in [3.05, 3.63) is 40.2 Å². The van der Waals surface area contributed by atoms with Crippen LogP contribution in [-0.4, -0.2) is 85.3 Å². The molecule has 13 nitrogen and oxygen atoms in total. The summed E-state index contributed by atoms with van der Waals surface area (Å²) in [4.78, 5) is 45.7. The lowest BCUT2D eigenvalue weighted by atomic mass is 10.1. The van der Waals surface area contributed by atoms with Crippen molar-refractivity contribution in [2.75, 3.05) is 20.8 Å². The van der Waals surface area contributed by atoms with Crippen molar-refractivity contribution in [1.82, 2.24) is 18.9 Å². The van der Waals surface area contributed by atoms with Crippen LogP contribution in [-0.2, 0) is 14.2 Å². The molecule has 1 saturated heterocycles. The number of aromatic nitrogens is 4. The minimum Gasteiger partial charge on any atom is -0.465 e. The van der Waals surface area contributed by atoms with Crippen molar-refractivity contribution in [2.45, 2.75) is 24.5 Å². The summed E-state index contributed by atoms with van der Waals surface area (Å²) in [6, 6.07) is 0.932. The predicted octanol–water partition coefficient (Wildman–Crippen LogP) is -1.77. The Morgan fingerprint density at radius 3 is 2.45 bits per heavy atom. The van der Waals surface area contributed by atoms with Gasteiger partial charge < -0.3 is 29.5 Å². The molecule has 0 saturated carbocycles. The van der Waals surface area contributed by atoms with E-state index < -0.39 is 48.6 Å². The number of hydrogen-bond acceptors (Lipinski definition) is 11. The van der Waals surface area contributed by atoms with E-state index in [1.165, 1.54) is 10.9 Å². The van der Waals surface area contributed by atoms with Crippen LogP contribution in [0.4, 0.5) is 0 Å². The number of ether oxygens (including phenoxy) is 3. The molecule has 4 atom stereocenters. The van der Waals surface area contributed by atoms with Crippen LogP contribution in [0.1, 0.15) is 26.9 Å². The highest BCUT2D eigenvalue weighted by atomic mass is 16.6. The van der Waals surface area contributed by atoms with Crippen LogP contribution in [0.5, 0.6) is 0 Å². The summed E-state index contributed by atoms with van der Waals surface area (Å²) < 4.78 is 17.3. The van der Waals surface area contributed by atoms with Gasteiger partial charge in [-0.1, -0.05) is 0 Å². The highest BCUT2D eigenvalue weighted by molar-refractivity contribution is 6.12. The van der Waals surface area contributed by atoms with Crippen molar-refractivity contribution in [3.63, 3.8) is 0 Å². The number of carbonyl (C=O) groups is 2. The summed E-state index contributed by atoms with van der Waals surface area (Å²) in [7, 11) is 2.21. The fourth-order valence-electron chi connectivity index (χ4n) is 3.61. The fourth-order valence-corrected chi connectivity index (χ4v) is 3.61. The second-order valence-corrected chi connectivity index (χ2v) is 6.77. The van der Waals surface area contributed by atoms with Crippen molar-refractivity contribution in [1.29, 1.82) is 0 Å². The highest BCUT2D eigenvalue weighted by Crippen LogP contribution is 2.32. The Balaban J connectivity index is 2.02. The molecule has 0 bridgehead atoms. The summed E-state index contributed by atoms with van der Waals surface area (Å²) in [5.41, 5.74) is -1.18. The van der Waals surface area contributed by atoms with E-state index in [1.807, 2.05) is 0 Å². The maximum atomic E-state index is 12.6. The number of nitrogens with zero attached hydrogens (tertiary/aromatic N) is 4. The quantitative estimate of drug-likeness (QED) is 0.396. The Morgan fingerprint density at radius 2 is 1.84 bits per heavy atom. The average molecular weight is 434 g/mol. The van der Waals surface area contributed by atoms with Gasteiger partial charge in [-0.2, -0.15) is 0 Å². The third-order valence-corrected chi connectivity index (χ3v) is 5.13. The maximum Gasteiger partial charge on any atom is 0.340 e. The molecule has 3 aromatic rings. The Bertz CT molecular complexity index is 1250. The molecule has 1 aliphatic heterocycles. The Hall–Kier alpha value is -3.39. The van der Waals surface area contributed by atoms with Gasteiger partial charge in [-0.15, -0.1) is 0 Å². The number of aliphatic hydroxyl groups excluding tert-OH is 3. The van der Waals surface area contributed by atoms with Crippen molar-refractivity contribution in [3.8, 4) is 0 Å². The third kappa shape index (κ3) is 3.06. The van der Waals surface area contributed by atoms with Gasteiger partial charge in [0.15, 0.2) is 11.9 Å². The molecule has 0 aromatic carbocycles. The van der Waals surface area contributed by atoms with E-state index in [0.29, 0.717) is 0 Å². The third-order valence-electron chi connectivity index (χ3n) is 5.13. The maximum absolute atomic E-state index is 12.6. The van der Waals surface area contributed by atoms with E-state index in [1.54, 1.807) is 0 Å². The van der Waals surface area contributed by atoms with Crippen LogP contribution in [0.25, 0.3) is 16.7 Å². The lowest BCUT2D eigenvalue weighted by Gasteiger charge is -2.17. The van der Waals surface area contributed by atoms with Gasteiger partial charge >= 0.3 is 11.9 Å². The minimum atomic E-state index is -1.41. The second-order valence-electron chi connectivity index (χ2n) is 6.77.